The van der Waals surface area contributed by atoms with Gasteiger partial charge in [0.25, 0.3) is 11.4 Å². The Morgan fingerprint density at radius 3 is 1.82 bits per heavy atom. The average molecular weight is 569 g/mol. The van der Waals surface area contributed by atoms with E-state index in [0.717, 1.165) is 56.7 Å². The fraction of sp³-hybridized carbons (Fsp3) is 0.556. The van der Waals surface area contributed by atoms with Gasteiger partial charge in [-0.15, -0.1) is 0 Å². The Labute approximate surface area is 232 Å². The van der Waals surface area contributed by atoms with Crippen molar-refractivity contribution in [3.05, 3.63) is 68.3 Å². The molecule has 0 aliphatic carbocycles. The van der Waals surface area contributed by atoms with Gasteiger partial charge in [0.05, 0.1) is 35.2 Å². The number of non-ortho nitro benzene ring substituents is 2. The average Bonchev–Trinajstić information content (AvgIpc) is 2.90. The molecule has 0 radical (unpaired) electrons. The van der Waals surface area contributed by atoms with Gasteiger partial charge in [0.1, 0.15) is 0 Å². The molecule has 0 spiro atoms. The highest BCUT2D eigenvalue weighted by Gasteiger charge is 2.19. The first-order valence-electron chi connectivity index (χ1n) is 13.1. The van der Waals surface area contributed by atoms with E-state index in [1.54, 1.807) is 7.11 Å². The maximum absolute atomic E-state index is 13.6. The van der Waals surface area contributed by atoms with E-state index in [1.807, 2.05) is 0 Å². The van der Waals surface area contributed by atoms with Crippen molar-refractivity contribution in [2.75, 3.05) is 60.6 Å². The summed E-state index contributed by atoms with van der Waals surface area (Å²) in [6.45, 7) is 5.88. The minimum absolute atomic E-state index is 0.0822. The van der Waals surface area contributed by atoms with Gasteiger partial charge in [0.2, 0.25) is 0 Å². The van der Waals surface area contributed by atoms with E-state index in [1.165, 1.54) is 38.1 Å². The summed E-state index contributed by atoms with van der Waals surface area (Å²) in [4.78, 5) is 23.8. The van der Waals surface area contributed by atoms with Crippen LogP contribution in [-0.4, -0.2) is 85.4 Å². The lowest BCUT2D eigenvalue weighted by Crippen LogP contribution is -2.34. The maximum Gasteiger partial charge on any atom is 0.272 e. The molecule has 11 nitrogen and oxygen atoms in total. The summed E-state index contributed by atoms with van der Waals surface area (Å²) in [6, 6.07) is 6.09. The lowest BCUT2D eigenvalue weighted by Gasteiger charge is -2.29. The Balaban J connectivity index is 0.000000228. The highest BCUT2D eigenvalue weighted by atomic mass is 19.1. The van der Waals surface area contributed by atoms with Crippen molar-refractivity contribution < 1.29 is 33.2 Å². The summed E-state index contributed by atoms with van der Waals surface area (Å²) in [5, 5.41) is 29.1. The fourth-order valence-corrected chi connectivity index (χ4v) is 4.59. The van der Waals surface area contributed by atoms with Gasteiger partial charge in [-0.1, -0.05) is 0 Å². The standard InChI is InChI=1S/C13H17FN2O3.C8H17NO.C6H4FNO3/c1-15-6-2-3-10(8-15)9-19-13-5-4-11(16(17)18)7-12(13)14;1-9-5-3-4-8(6-9)7-10-2;7-5-3-4(8(10)11)1-2-6(5)9/h4-5,7,10H,2-3,6,8-9H2,1H3;8H,3-7H2,1-2H3;1-3,9H. The molecule has 2 aliphatic rings. The van der Waals surface area contributed by atoms with E-state index in [-0.39, 0.29) is 17.1 Å². The second-order valence-corrected chi connectivity index (χ2v) is 10.1. The molecule has 0 bridgehead atoms. The highest BCUT2D eigenvalue weighted by molar-refractivity contribution is 5.38. The predicted octanol–water partition coefficient (Wildman–Crippen LogP) is 4.87. The van der Waals surface area contributed by atoms with E-state index >= 15 is 0 Å². The zero-order valence-corrected chi connectivity index (χ0v) is 23.1. The van der Waals surface area contributed by atoms with Crippen LogP contribution in [0.1, 0.15) is 25.7 Å². The van der Waals surface area contributed by atoms with Crippen molar-refractivity contribution in [2.45, 2.75) is 25.7 Å². The number of likely N-dealkylation sites (tertiary alicyclic amines) is 2. The molecule has 2 aromatic carbocycles. The number of benzene rings is 2. The summed E-state index contributed by atoms with van der Waals surface area (Å²) in [5.74, 6) is -1.01. The molecule has 2 unspecified atom stereocenters. The van der Waals surface area contributed by atoms with Crippen molar-refractivity contribution in [3.8, 4) is 11.5 Å². The molecule has 0 aromatic heterocycles. The van der Waals surface area contributed by atoms with Crippen molar-refractivity contribution in [3.63, 3.8) is 0 Å². The van der Waals surface area contributed by atoms with Crippen LogP contribution in [0.25, 0.3) is 0 Å². The summed E-state index contributed by atoms with van der Waals surface area (Å²) in [5.41, 5.74) is -0.637. The van der Waals surface area contributed by atoms with E-state index < -0.39 is 27.2 Å². The van der Waals surface area contributed by atoms with E-state index in [9.17, 15) is 29.0 Å². The van der Waals surface area contributed by atoms with Crippen LogP contribution < -0.4 is 4.74 Å². The molecule has 2 fully saturated rings. The van der Waals surface area contributed by atoms with Gasteiger partial charge in [-0.3, -0.25) is 20.2 Å². The van der Waals surface area contributed by atoms with Gasteiger partial charge >= 0.3 is 0 Å². The molecule has 13 heteroatoms. The normalized spacial score (nSPS) is 19.4. The molecule has 2 atom stereocenters. The number of nitro groups is 2. The van der Waals surface area contributed by atoms with Crippen LogP contribution in [0.2, 0.25) is 0 Å². The monoisotopic (exact) mass is 568 g/mol. The third-order valence-electron chi connectivity index (χ3n) is 6.59. The summed E-state index contributed by atoms with van der Waals surface area (Å²) < 4.78 is 36.5. The number of phenolic OH excluding ortho intramolecular Hbond substituents is 1. The van der Waals surface area contributed by atoms with Crippen LogP contribution in [0.15, 0.2) is 36.4 Å². The number of ether oxygens (including phenoxy) is 2. The lowest BCUT2D eigenvalue weighted by atomic mass is 10.00. The van der Waals surface area contributed by atoms with Crippen LogP contribution in [-0.2, 0) is 4.74 Å². The van der Waals surface area contributed by atoms with Crippen molar-refractivity contribution >= 4 is 11.4 Å². The third-order valence-corrected chi connectivity index (χ3v) is 6.59. The van der Waals surface area contributed by atoms with Gasteiger partial charge in [0.15, 0.2) is 23.1 Å². The van der Waals surface area contributed by atoms with Gasteiger partial charge in [-0.2, -0.15) is 0 Å². The fourth-order valence-electron chi connectivity index (χ4n) is 4.59. The molecule has 2 saturated heterocycles. The van der Waals surface area contributed by atoms with Crippen LogP contribution in [0.4, 0.5) is 20.2 Å². The molecule has 0 saturated carbocycles. The first-order chi connectivity index (χ1) is 19.0. The molecule has 40 heavy (non-hydrogen) atoms. The molecule has 0 amide bonds. The molecular weight excluding hydrogens is 530 g/mol. The van der Waals surface area contributed by atoms with Crippen molar-refractivity contribution in [2.24, 2.45) is 11.8 Å². The van der Waals surface area contributed by atoms with Crippen molar-refractivity contribution in [1.82, 2.24) is 9.80 Å². The van der Waals surface area contributed by atoms with Crippen LogP contribution in [0.5, 0.6) is 11.5 Å². The number of aromatic hydroxyl groups is 1. The number of rotatable bonds is 7. The zero-order chi connectivity index (χ0) is 29.7. The Morgan fingerprint density at radius 2 is 1.38 bits per heavy atom. The molecule has 4 rings (SSSR count). The van der Waals surface area contributed by atoms with Crippen LogP contribution in [0.3, 0.4) is 0 Å². The van der Waals surface area contributed by atoms with Crippen LogP contribution >= 0.6 is 0 Å². The third kappa shape index (κ3) is 11.4. The number of nitrogens with zero attached hydrogens (tertiary/aromatic N) is 4. The minimum Gasteiger partial charge on any atom is -0.505 e. The smallest absolute Gasteiger partial charge is 0.272 e. The Hall–Kier alpha value is -3.42. The van der Waals surface area contributed by atoms with Crippen molar-refractivity contribution in [1.29, 1.82) is 0 Å². The molecule has 2 heterocycles. The Bertz CT molecular complexity index is 1110. The van der Waals surface area contributed by atoms with E-state index in [4.69, 9.17) is 14.6 Å². The van der Waals surface area contributed by atoms with Gasteiger partial charge in [-0.05, 0) is 70.9 Å². The Morgan fingerprint density at radius 1 is 0.875 bits per heavy atom. The number of hydrogen-bond acceptors (Lipinski definition) is 9. The maximum atomic E-state index is 13.6. The van der Waals surface area contributed by atoms with Gasteiger partial charge < -0.3 is 24.4 Å². The second kappa shape index (κ2) is 16.6. The highest BCUT2D eigenvalue weighted by Crippen LogP contribution is 2.24. The SMILES string of the molecule is CN1CCCC(COc2ccc([N+](=O)[O-])cc2F)C1.COCC1CCCN(C)C1.O=[N+]([O-])c1ccc(O)c(F)c1. The lowest BCUT2D eigenvalue weighted by molar-refractivity contribution is -0.385. The van der Waals surface area contributed by atoms with Gasteiger partial charge in [-0.25, -0.2) is 8.78 Å². The molecule has 2 aliphatic heterocycles. The molecule has 2 aromatic rings. The molecule has 1 N–H and O–H groups in total. The number of phenols is 1. The Kier molecular flexibility index (Phi) is 13.6. The number of nitro benzene ring substituents is 2. The summed E-state index contributed by atoms with van der Waals surface area (Å²) in [6.07, 6.45) is 4.87. The molecular formula is C27H38F2N4O7. The number of methoxy groups -OCH3 is 1. The topological polar surface area (TPSA) is 131 Å². The predicted molar refractivity (Wildman–Crippen MR) is 146 cm³/mol. The molecule has 222 valence electrons. The largest absolute Gasteiger partial charge is 0.505 e. The van der Waals surface area contributed by atoms with Gasteiger partial charge in [0, 0.05) is 38.2 Å². The number of piperidine rings is 2. The van der Waals surface area contributed by atoms with Crippen LogP contribution in [0, 0.1) is 43.7 Å². The minimum atomic E-state index is -0.987. The first kappa shape index (κ1) is 32.8. The summed E-state index contributed by atoms with van der Waals surface area (Å²) in [7, 11) is 6.02. The number of halogens is 2. The second-order valence-electron chi connectivity index (χ2n) is 10.1. The summed E-state index contributed by atoms with van der Waals surface area (Å²) >= 11 is 0. The van der Waals surface area contributed by atoms with E-state index in [2.05, 4.69) is 23.9 Å². The zero-order valence-electron chi connectivity index (χ0n) is 23.1. The van der Waals surface area contributed by atoms with E-state index in [0.29, 0.717) is 18.6 Å². The quantitative estimate of drug-likeness (QED) is 0.367. The first-order valence-corrected chi connectivity index (χ1v) is 13.1. The number of hydrogen-bond donors (Lipinski definition) is 1.